The highest BCUT2D eigenvalue weighted by molar-refractivity contribution is 8.01. The van der Waals surface area contributed by atoms with Crippen LogP contribution in [-0.4, -0.2) is 26.9 Å². The molecule has 3 aromatic rings. The molecule has 114 valence electrons. The summed E-state index contributed by atoms with van der Waals surface area (Å²) in [6.45, 7) is 4.88. The molecule has 1 N–H and O–H groups in total. The van der Waals surface area contributed by atoms with Gasteiger partial charge < -0.3 is 9.84 Å². The molecule has 22 heavy (non-hydrogen) atoms. The molecule has 0 fully saturated rings. The van der Waals surface area contributed by atoms with E-state index in [-0.39, 0.29) is 5.25 Å². The van der Waals surface area contributed by atoms with Gasteiger partial charge in [-0.1, -0.05) is 58.6 Å². The van der Waals surface area contributed by atoms with Crippen molar-refractivity contribution < 1.29 is 4.52 Å². The smallest absolute Gasteiger partial charge is 0.240 e. The van der Waals surface area contributed by atoms with E-state index < -0.39 is 0 Å². The summed E-state index contributed by atoms with van der Waals surface area (Å²) in [7, 11) is 0. The highest BCUT2D eigenvalue weighted by Gasteiger charge is 2.18. The van der Waals surface area contributed by atoms with E-state index in [4.69, 9.17) is 4.52 Å². The Morgan fingerprint density at radius 1 is 1.27 bits per heavy atom. The van der Waals surface area contributed by atoms with Crippen LogP contribution in [0.1, 0.15) is 25.0 Å². The van der Waals surface area contributed by atoms with Crippen LogP contribution in [0.3, 0.4) is 0 Å². The summed E-state index contributed by atoms with van der Waals surface area (Å²) in [5, 5.41) is 16.3. The summed E-state index contributed by atoms with van der Waals surface area (Å²) in [6, 6.07) is 9.78. The minimum atomic E-state index is 0.0207. The zero-order valence-electron chi connectivity index (χ0n) is 12.2. The van der Waals surface area contributed by atoms with Gasteiger partial charge in [-0.15, -0.1) is 10.2 Å². The maximum atomic E-state index is 5.37. The lowest BCUT2D eigenvalue weighted by Gasteiger charge is -2.01. The monoisotopic (exact) mass is 333 g/mol. The molecule has 2 heterocycles. The highest BCUT2D eigenvalue weighted by Crippen LogP contribution is 2.37. The first-order valence-electron chi connectivity index (χ1n) is 6.89. The Hall–Kier alpha value is -1.93. The van der Waals surface area contributed by atoms with Crippen molar-refractivity contribution in [1.82, 2.24) is 20.3 Å². The standard InChI is InChI=1S/C14H15N5OS2/c1-3-15-13-17-18-14(22-13)21-9(2)12-16-11(19-20-12)10-7-5-4-6-8-10/h4-9H,3H2,1-2H3,(H,15,17). The van der Waals surface area contributed by atoms with Crippen LogP contribution in [0.2, 0.25) is 0 Å². The molecule has 1 atom stereocenters. The van der Waals surface area contributed by atoms with Gasteiger partial charge in [0.05, 0.1) is 5.25 Å². The van der Waals surface area contributed by atoms with E-state index in [0.29, 0.717) is 11.7 Å². The largest absolute Gasteiger partial charge is 0.360 e. The molecule has 1 unspecified atom stereocenters. The number of thioether (sulfide) groups is 1. The lowest BCUT2D eigenvalue weighted by Crippen LogP contribution is -1.94. The van der Waals surface area contributed by atoms with Gasteiger partial charge in [-0.3, -0.25) is 0 Å². The van der Waals surface area contributed by atoms with Crippen LogP contribution >= 0.6 is 23.1 Å². The Bertz CT molecular complexity index is 728. The fraction of sp³-hybridized carbons (Fsp3) is 0.286. The number of hydrogen-bond donors (Lipinski definition) is 1. The predicted molar refractivity (Wildman–Crippen MR) is 88.1 cm³/mol. The molecule has 2 aromatic heterocycles. The first-order valence-corrected chi connectivity index (χ1v) is 8.59. The molecule has 0 amide bonds. The van der Waals surface area contributed by atoms with Crippen molar-refractivity contribution in [3.8, 4) is 11.4 Å². The molecule has 0 saturated heterocycles. The van der Waals surface area contributed by atoms with E-state index in [1.165, 1.54) is 11.3 Å². The summed E-state index contributed by atoms with van der Waals surface area (Å²) >= 11 is 3.08. The number of aromatic nitrogens is 4. The van der Waals surface area contributed by atoms with Gasteiger partial charge in [-0.25, -0.2) is 0 Å². The van der Waals surface area contributed by atoms with Crippen LogP contribution in [-0.2, 0) is 0 Å². The van der Waals surface area contributed by atoms with E-state index >= 15 is 0 Å². The number of nitrogens with one attached hydrogen (secondary N) is 1. The maximum absolute atomic E-state index is 5.37. The Kier molecular flexibility index (Phi) is 4.69. The first-order chi connectivity index (χ1) is 10.8. The van der Waals surface area contributed by atoms with E-state index in [1.807, 2.05) is 44.2 Å². The van der Waals surface area contributed by atoms with Crippen LogP contribution in [0.5, 0.6) is 0 Å². The van der Waals surface area contributed by atoms with Gasteiger partial charge in [0.1, 0.15) is 0 Å². The molecule has 6 nitrogen and oxygen atoms in total. The van der Waals surface area contributed by atoms with Gasteiger partial charge in [0.25, 0.3) is 0 Å². The number of nitrogens with zero attached hydrogens (tertiary/aromatic N) is 4. The molecular weight excluding hydrogens is 318 g/mol. The molecule has 0 saturated carbocycles. The molecule has 3 rings (SSSR count). The third-order valence-electron chi connectivity index (χ3n) is 2.83. The van der Waals surface area contributed by atoms with Crippen LogP contribution < -0.4 is 5.32 Å². The second-order valence-electron chi connectivity index (χ2n) is 4.49. The molecule has 0 aliphatic rings. The Morgan fingerprint density at radius 3 is 2.86 bits per heavy atom. The summed E-state index contributed by atoms with van der Waals surface area (Å²) in [6.07, 6.45) is 0. The molecule has 0 aliphatic carbocycles. The van der Waals surface area contributed by atoms with Crippen molar-refractivity contribution in [1.29, 1.82) is 0 Å². The topological polar surface area (TPSA) is 76.7 Å². The SMILES string of the molecule is CCNc1nnc(SC(C)c2nc(-c3ccccc3)no2)s1. The molecule has 1 aromatic carbocycles. The van der Waals surface area contributed by atoms with E-state index in [9.17, 15) is 0 Å². The Balaban J connectivity index is 1.70. The van der Waals surface area contributed by atoms with Gasteiger partial charge >= 0.3 is 0 Å². The van der Waals surface area contributed by atoms with E-state index in [1.54, 1.807) is 11.8 Å². The molecule has 0 bridgehead atoms. The average Bonchev–Trinajstić information content (AvgIpc) is 3.18. The summed E-state index contributed by atoms with van der Waals surface area (Å²) in [5.74, 6) is 1.19. The average molecular weight is 333 g/mol. The van der Waals surface area contributed by atoms with Crippen molar-refractivity contribution in [2.75, 3.05) is 11.9 Å². The third kappa shape index (κ3) is 3.45. The van der Waals surface area contributed by atoms with Crippen LogP contribution in [0, 0.1) is 0 Å². The fourth-order valence-electron chi connectivity index (χ4n) is 1.79. The molecule has 0 spiro atoms. The zero-order chi connectivity index (χ0) is 15.4. The molecule has 0 aliphatic heterocycles. The van der Waals surface area contributed by atoms with Gasteiger partial charge in [-0.2, -0.15) is 4.98 Å². The molecule has 0 radical (unpaired) electrons. The number of hydrogen-bond acceptors (Lipinski definition) is 8. The number of anilines is 1. The van der Waals surface area contributed by atoms with E-state index in [2.05, 4.69) is 25.7 Å². The number of benzene rings is 1. The first kappa shape index (κ1) is 15.0. The second kappa shape index (κ2) is 6.89. The zero-order valence-corrected chi connectivity index (χ0v) is 13.8. The number of rotatable bonds is 6. The maximum Gasteiger partial charge on any atom is 0.240 e. The van der Waals surface area contributed by atoms with Crippen LogP contribution in [0.4, 0.5) is 5.13 Å². The molecule has 8 heteroatoms. The quantitative estimate of drug-likeness (QED) is 0.686. The second-order valence-corrected chi connectivity index (χ2v) is 7.05. The van der Waals surface area contributed by atoms with Gasteiger partial charge in [0, 0.05) is 12.1 Å². The summed E-state index contributed by atoms with van der Waals surface area (Å²) < 4.78 is 6.24. The normalized spacial score (nSPS) is 12.3. The summed E-state index contributed by atoms with van der Waals surface area (Å²) in [4.78, 5) is 4.46. The van der Waals surface area contributed by atoms with Crippen molar-refractivity contribution in [2.24, 2.45) is 0 Å². The minimum absolute atomic E-state index is 0.0207. The van der Waals surface area contributed by atoms with Crippen LogP contribution in [0.15, 0.2) is 39.2 Å². The van der Waals surface area contributed by atoms with Crippen molar-refractivity contribution in [3.63, 3.8) is 0 Å². The third-order valence-corrected chi connectivity index (χ3v) is 4.89. The molecular formula is C14H15N5OS2. The van der Waals surface area contributed by atoms with Gasteiger partial charge in [0.15, 0.2) is 4.34 Å². The Labute approximate surface area is 136 Å². The minimum Gasteiger partial charge on any atom is -0.360 e. The van der Waals surface area contributed by atoms with Crippen LogP contribution in [0.25, 0.3) is 11.4 Å². The van der Waals surface area contributed by atoms with Crippen molar-refractivity contribution >= 4 is 28.2 Å². The predicted octanol–water partition coefficient (Wildman–Crippen LogP) is 3.87. The highest BCUT2D eigenvalue weighted by atomic mass is 32.2. The van der Waals surface area contributed by atoms with Gasteiger partial charge in [0.2, 0.25) is 16.8 Å². The summed E-state index contributed by atoms with van der Waals surface area (Å²) in [5.41, 5.74) is 0.944. The Morgan fingerprint density at radius 2 is 2.09 bits per heavy atom. The lowest BCUT2D eigenvalue weighted by molar-refractivity contribution is 0.381. The lowest BCUT2D eigenvalue weighted by atomic mass is 10.2. The van der Waals surface area contributed by atoms with E-state index in [0.717, 1.165) is 21.6 Å². The van der Waals surface area contributed by atoms with Crippen molar-refractivity contribution in [2.45, 2.75) is 23.4 Å². The fourth-order valence-corrected chi connectivity index (χ4v) is 3.78. The van der Waals surface area contributed by atoms with Gasteiger partial charge in [-0.05, 0) is 13.8 Å². The van der Waals surface area contributed by atoms with Crippen molar-refractivity contribution in [3.05, 3.63) is 36.2 Å².